The van der Waals surface area contributed by atoms with Crippen LogP contribution in [0.3, 0.4) is 0 Å². The average molecular weight is 170 g/mol. The molecule has 1 aromatic rings. The molecule has 2 heterocycles. The van der Waals surface area contributed by atoms with Crippen LogP contribution < -0.4 is 0 Å². The van der Waals surface area contributed by atoms with Crippen LogP contribution in [-0.2, 0) is 10.5 Å². The van der Waals surface area contributed by atoms with Crippen LogP contribution in [0.1, 0.15) is 16.6 Å². The Balaban J connectivity index is 2.38. The van der Waals surface area contributed by atoms with E-state index in [2.05, 4.69) is 9.97 Å². The molecule has 0 fully saturated rings. The number of fused-ring (bicyclic) bond motifs is 1. The van der Waals surface area contributed by atoms with E-state index >= 15 is 0 Å². The number of aromatic nitrogens is 2. The van der Waals surface area contributed by atoms with E-state index < -0.39 is 11.2 Å². The molecule has 0 aromatic carbocycles. The minimum atomic E-state index is -0.805. The Kier molecular flexibility index (Phi) is 1.38. The van der Waals surface area contributed by atoms with Gasteiger partial charge in [0.25, 0.3) is 0 Å². The fourth-order valence-electron chi connectivity index (χ4n) is 1.11. The second kappa shape index (κ2) is 2.27. The van der Waals surface area contributed by atoms with Crippen LogP contribution in [0.5, 0.6) is 0 Å². The van der Waals surface area contributed by atoms with Gasteiger partial charge < -0.3 is 10.1 Å². The van der Waals surface area contributed by atoms with E-state index in [1.807, 2.05) is 0 Å². The number of H-pyrrole nitrogens is 1. The van der Waals surface area contributed by atoms with Gasteiger partial charge in [-0.3, -0.25) is 4.79 Å². The van der Waals surface area contributed by atoms with Crippen molar-refractivity contribution < 1.29 is 9.90 Å². The summed E-state index contributed by atoms with van der Waals surface area (Å²) in [5.41, 5.74) is 1.63. The van der Waals surface area contributed by atoms with Crippen LogP contribution in [-0.4, -0.2) is 21.0 Å². The van der Waals surface area contributed by atoms with Crippen molar-refractivity contribution in [2.45, 2.75) is 11.0 Å². The maximum atomic E-state index is 10.6. The smallest absolute Gasteiger partial charge is 0.322 e. The first-order valence-electron chi connectivity index (χ1n) is 3.15. The minimum Gasteiger partial charge on any atom is -0.480 e. The summed E-state index contributed by atoms with van der Waals surface area (Å²) in [6.07, 6.45) is 1.54. The van der Waals surface area contributed by atoms with Gasteiger partial charge in [0.15, 0.2) is 0 Å². The normalized spacial score (nSPS) is 21.6. The highest BCUT2D eigenvalue weighted by molar-refractivity contribution is 7.99. The summed E-state index contributed by atoms with van der Waals surface area (Å²) in [6, 6.07) is 0. The second-order valence-electron chi connectivity index (χ2n) is 2.30. The van der Waals surface area contributed by atoms with E-state index in [-0.39, 0.29) is 0 Å². The quantitative estimate of drug-likeness (QED) is 0.653. The fourth-order valence-corrected chi connectivity index (χ4v) is 2.18. The molecule has 1 aliphatic heterocycles. The molecule has 0 saturated carbocycles. The van der Waals surface area contributed by atoms with Gasteiger partial charge >= 0.3 is 5.97 Å². The van der Waals surface area contributed by atoms with Gasteiger partial charge in [-0.1, -0.05) is 0 Å². The zero-order valence-corrected chi connectivity index (χ0v) is 6.39. The Morgan fingerprint density at radius 1 is 1.91 bits per heavy atom. The molecule has 58 valence electrons. The number of carboxylic acid groups (broad SMARTS) is 1. The molecule has 0 spiro atoms. The molecule has 2 N–H and O–H groups in total. The third-order valence-corrected chi connectivity index (χ3v) is 2.83. The summed E-state index contributed by atoms with van der Waals surface area (Å²) in [7, 11) is 0. The van der Waals surface area contributed by atoms with E-state index in [1.165, 1.54) is 11.8 Å². The van der Waals surface area contributed by atoms with E-state index in [0.717, 1.165) is 11.4 Å². The van der Waals surface area contributed by atoms with Gasteiger partial charge in [0, 0.05) is 11.4 Å². The molecule has 0 bridgehead atoms. The number of nitrogens with zero attached hydrogens (tertiary/aromatic N) is 1. The highest BCUT2D eigenvalue weighted by atomic mass is 32.2. The number of aromatic amines is 1. The van der Waals surface area contributed by atoms with Crippen LogP contribution in [0.4, 0.5) is 0 Å². The Hall–Kier alpha value is -0.970. The summed E-state index contributed by atoms with van der Waals surface area (Å²) in [4.78, 5) is 17.4. The maximum Gasteiger partial charge on any atom is 0.322 e. The number of hydrogen-bond acceptors (Lipinski definition) is 3. The van der Waals surface area contributed by atoms with Gasteiger partial charge in [0.05, 0.1) is 12.0 Å². The predicted octanol–water partition coefficient (Wildman–Crippen LogP) is 0.782. The highest BCUT2D eigenvalue weighted by Crippen LogP contribution is 2.39. The topological polar surface area (TPSA) is 66.0 Å². The first kappa shape index (κ1) is 6.72. The number of carboxylic acids is 1. The van der Waals surface area contributed by atoms with Gasteiger partial charge in [-0.2, -0.15) is 0 Å². The molecular weight excluding hydrogens is 164 g/mol. The lowest BCUT2D eigenvalue weighted by atomic mass is 10.3. The van der Waals surface area contributed by atoms with Gasteiger partial charge in [-0.25, -0.2) is 4.98 Å². The molecule has 4 nitrogen and oxygen atoms in total. The van der Waals surface area contributed by atoms with Crippen molar-refractivity contribution in [1.29, 1.82) is 0 Å². The first-order chi connectivity index (χ1) is 5.29. The summed E-state index contributed by atoms with van der Waals surface area (Å²) in [5, 5.41) is 8.24. The third kappa shape index (κ3) is 0.920. The molecule has 5 heteroatoms. The summed E-state index contributed by atoms with van der Waals surface area (Å²) in [5.74, 6) is -0.0763. The van der Waals surface area contributed by atoms with Gasteiger partial charge in [0.2, 0.25) is 0 Å². The third-order valence-electron chi connectivity index (χ3n) is 1.62. The number of imidazole rings is 1. The Morgan fingerprint density at radius 2 is 2.73 bits per heavy atom. The molecule has 1 atom stereocenters. The molecule has 0 saturated heterocycles. The van der Waals surface area contributed by atoms with Crippen molar-refractivity contribution in [2.24, 2.45) is 0 Å². The van der Waals surface area contributed by atoms with Crippen molar-refractivity contribution in [3.05, 3.63) is 17.7 Å². The van der Waals surface area contributed by atoms with Gasteiger partial charge in [-0.05, 0) is 0 Å². The zero-order chi connectivity index (χ0) is 7.84. The average Bonchev–Trinajstić information content (AvgIpc) is 2.41. The Bertz CT molecular complexity index is 297. The van der Waals surface area contributed by atoms with Crippen LogP contribution in [0.2, 0.25) is 0 Å². The molecular formula is C6H6N2O2S. The van der Waals surface area contributed by atoms with Crippen molar-refractivity contribution in [3.63, 3.8) is 0 Å². The Morgan fingerprint density at radius 3 is 3.45 bits per heavy atom. The SMILES string of the molecule is O=C(O)C1SCc2[nH]cnc21. The molecule has 11 heavy (non-hydrogen) atoms. The van der Waals surface area contributed by atoms with Crippen LogP contribution in [0.25, 0.3) is 0 Å². The molecule has 1 unspecified atom stereocenters. The largest absolute Gasteiger partial charge is 0.480 e. The van der Waals surface area contributed by atoms with Crippen LogP contribution in [0.15, 0.2) is 6.33 Å². The van der Waals surface area contributed by atoms with Crippen LogP contribution in [0, 0.1) is 0 Å². The van der Waals surface area contributed by atoms with E-state index in [1.54, 1.807) is 6.33 Å². The molecule has 0 radical (unpaired) electrons. The molecule has 2 rings (SSSR count). The van der Waals surface area contributed by atoms with Crippen molar-refractivity contribution >= 4 is 17.7 Å². The lowest BCUT2D eigenvalue weighted by molar-refractivity contribution is -0.136. The lowest BCUT2D eigenvalue weighted by Crippen LogP contribution is -2.04. The number of rotatable bonds is 1. The van der Waals surface area contributed by atoms with E-state index in [9.17, 15) is 4.79 Å². The molecule has 0 aliphatic carbocycles. The van der Waals surface area contributed by atoms with Gasteiger partial charge in [-0.15, -0.1) is 11.8 Å². The van der Waals surface area contributed by atoms with Gasteiger partial charge in [0.1, 0.15) is 5.25 Å². The number of thioether (sulfide) groups is 1. The van der Waals surface area contributed by atoms with Crippen LogP contribution >= 0.6 is 11.8 Å². The summed E-state index contributed by atoms with van der Waals surface area (Å²) < 4.78 is 0. The monoisotopic (exact) mass is 170 g/mol. The fraction of sp³-hybridized carbons (Fsp3) is 0.333. The number of hydrogen-bond donors (Lipinski definition) is 2. The summed E-state index contributed by atoms with van der Waals surface area (Å²) >= 11 is 1.39. The van der Waals surface area contributed by atoms with Crippen molar-refractivity contribution in [3.8, 4) is 0 Å². The Labute approximate surface area is 67.0 Å². The lowest BCUT2D eigenvalue weighted by Gasteiger charge is -1.98. The maximum absolute atomic E-state index is 10.6. The second-order valence-corrected chi connectivity index (χ2v) is 3.39. The molecule has 0 amide bonds. The van der Waals surface area contributed by atoms with E-state index in [0.29, 0.717) is 5.69 Å². The molecule has 1 aliphatic rings. The molecule has 1 aromatic heterocycles. The van der Waals surface area contributed by atoms with Crippen molar-refractivity contribution in [2.75, 3.05) is 0 Å². The summed E-state index contributed by atoms with van der Waals surface area (Å²) in [6.45, 7) is 0. The highest BCUT2D eigenvalue weighted by Gasteiger charge is 2.31. The standard InChI is InChI=1S/C6H6N2O2S/c9-6(10)5-4-3(1-11-5)7-2-8-4/h2,5H,1H2,(H,7,8)(H,9,10). The number of carbonyl (C=O) groups is 1. The predicted molar refractivity (Wildman–Crippen MR) is 40.3 cm³/mol. The van der Waals surface area contributed by atoms with Crippen molar-refractivity contribution in [1.82, 2.24) is 9.97 Å². The minimum absolute atomic E-state index is 0.462. The number of aliphatic carboxylic acids is 1. The van der Waals surface area contributed by atoms with E-state index in [4.69, 9.17) is 5.11 Å². The first-order valence-corrected chi connectivity index (χ1v) is 4.20. The number of nitrogens with one attached hydrogen (secondary N) is 1. The zero-order valence-electron chi connectivity index (χ0n) is 5.57.